The first kappa shape index (κ1) is 25.7. The Kier molecular flexibility index (Phi) is 11.2. The third-order valence-electron chi connectivity index (χ3n) is 3.96. The third kappa shape index (κ3) is 9.43. The van der Waals surface area contributed by atoms with Gasteiger partial charge in [-0.3, -0.25) is 4.79 Å². The molecule has 2 rings (SSSR count). The van der Waals surface area contributed by atoms with E-state index in [0.717, 1.165) is 17.0 Å². The van der Waals surface area contributed by atoms with Crippen LogP contribution in [0.15, 0.2) is 53.5 Å². The van der Waals surface area contributed by atoms with Gasteiger partial charge in [-0.1, -0.05) is 12.1 Å². The Morgan fingerprint density at radius 2 is 1.87 bits per heavy atom. The molecular formula is C22H30FIN4O2. The van der Waals surface area contributed by atoms with Crippen molar-refractivity contribution >= 4 is 41.5 Å². The number of benzene rings is 2. The molecule has 0 bridgehead atoms. The molecule has 0 saturated heterocycles. The zero-order valence-electron chi connectivity index (χ0n) is 17.8. The lowest BCUT2D eigenvalue weighted by Gasteiger charge is -2.15. The van der Waals surface area contributed by atoms with Gasteiger partial charge < -0.3 is 20.3 Å². The predicted octanol–water partition coefficient (Wildman–Crippen LogP) is 3.92. The van der Waals surface area contributed by atoms with Crippen LogP contribution in [0.4, 0.5) is 10.1 Å². The fourth-order valence-corrected chi connectivity index (χ4v) is 2.47. The second-order valence-electron chi connectivity index (χ2n) is 7.08. The van der Waals surface area contributed by atoms with E-state index in [1.165, 1.54) is 17.0 Å². The van der Waals surface area contributed by atoms with Gasteiger partial charge in [0.2, 0.25) is 5.91 Å². The standard InChI is InChI=1S/C22H29FN4O2.HI/c1-16(2)29-20-10-8-19(9-11-20)26-22(25-15-21(28)27(3)4)24-13-12-17-6-5-7-18(23)14-17;/h5-11,14,16H,12-13,15H2,1-4H3,(H2,24,25,26);1H. The number of likely N-dealkylation sites (N-methyl/N-ethyl adjacent to an activating group) is 1. The highest BCUT2D eigenvalue weighted by atomic mass is 127. The van der Waals surface area contributed by atoms with Crippen molar-refractivity contribution in [2.45, 2.75) is 26.4 Å². The van der Waals surface area contributed by atoms with E-state index >= 15 is 0 Å². The van der Waals surface area contributed by atoms with Crippen LogP contribution in [0.5, 0.6) is 5.75 Å². The van der Waals surface area contributed by atoms with Gasteiger partial charge in [-0.05, 0) is 62.2 Å². The zero-order chi connectivity index (χ0) is 21.2. The molecule has 2 aromatic rings. The molecule has 164 valence electrons. The summed E-state index contributed by atoms with van der Waals surface area (Å²) in [7, 11) is 3.38. The molecule has 0 spiro atoms. The number of amides is 1. The molecule has 0 aromatic heterocycles. The van der Waals surface area contributed by atoms with E-state index in [-0.39, 0.29) is 48.3 Å². The molecule has 8 heteroatoms. The van der Waals surface area contributed by atoms with E-state index in [2.05, 4.69) is 15.6 Å². The molecule has 30 heavy (non-hydrogen) atoms. The highest BCUT2D eigenvalue weighted by Crippen LogP contribution is 2.16. The van der Waals surface area contributed by atoms with Crippen molar-refractivity contribution in [2.75, 3.05) is 32.5 Å². The van der Waals surface area contributed by atoms with Crippen LogP contribution < -0.4 is 15.4 Å². The van der Waals surface area contributed by atoms with Crippen molar-refractivity contribution in [3.8, 4) is 5.75 Å². The monoisotopic (exact) mass is 528 g/mol. The third-order valence-corrected chi connectivity index (χ3v) is 3.96. The summed E-state index contributed by atoms with van der Waals surface area (Å²) in [5.74, 6) is 0.909. The first-order valence-electron chi connectivity index (χ1n) is 9.60. The van der Waals surface area contributed by atoms with Gasteiger partial charge in [0.1, 0.15) is 18.1 Å². The molecule has 0 heterocycles. The van der Waals surface area contributed by atoms with Gasteiger partial charge in [0, 0.05) is 26.3 Å². The summed E-state index contributed by atoms with van der Waals surface area (Å²) >= 11 is 0. The number of guanidine groups is 1. The summed E-state index contributed by atoms with van der Waals surface area (Å²) in [6, 6.07) is 14.0. The Hall–Kier alpha value is -2.36. The van der Waals surface area contributed by atoms with E-state index in [4.69, 9.17) is 4.74 Å². The topological polar surface area (TPSA) is 66.0 Å². The first-order chi connectivity index (χ1) is 13.8. The maximum Gasteiger partial charge on any atom is 0.243 e. The summed E-state index contributed by atoms with van der Waals surface area (Å²) < 4.78 is 19.0. The molecule has 0 aliphatic rings. The second-order valence-corrected chi connectivity index (χ2v) is 7.08. The van der Waals surface area contributed by atoms with Crippen LogP contribution in [0.3, 0.4) is 0 Å². The summed E-state index contributed by atoms with van der Waals surface area (Å²) in [5, 5.41) is 6.38. The van der Waals surface area contributed by atoms with Gasteiger partial charge >= 0.3 is 0 Å². The molecule has 0 aliphatic heterocycles. The van der Waals surface area contributed by atoms with Gasteiger partial charge in [0.15, 0.2) is 5.96 Å². The van der Waals surface area contributed by atoms with Crippen LogP contribution in [0, 0.1) is 5.82 Å². The van der Waals surface area contributed by atoms with Gasteiger partial charge in [-0.15, -0.1) is 24.0 Å². The number of aliphatic imine (C=N–C) groups is 1. The number of nitrogens with one attached hydrogen (secondary N) is 2. The number of halogens is 2. The smallest absolute Gasteiger partial charge is 0.243 e. The minimum Gasteiger partial charge on any atom is -0.491 e. The van der Waals surface area contributed by atoms with E-state index < -0.39 is 0 Å². The largest absolute Gasteiger partial charge is 0.491 e. The summed E-state index contributed by atoms with van der Waals surface area (Å²) in [5.41, 5.74) is 1.70. The van der Waals surface area contributed by atoms with Crippen LogP contribution in [-0.4, -0.2) is 50.1 Å². The highest BCUT2D eigenvalue weighted by Gasteiger charge is 2.06. The van der Waals surface area contributed by atoms with Crippen LogP contribution in [0.1, 0.15) is 19.4 Å². The molecule has 0 aliphatic carbocycles. The van der Waals surface area contributed by atoms with Crippen LogP contribution >= 0.6 is 24.0 Å². The Labute approximate surface area is 194 Å². The number of rotatable bonds is 8. The van der Waals surface area contributed by atoms with E-state index in [9.17, 15) is 9.18 Å². The maximum absolute atomic E-state index is 13.3. The number of ether oxygens (including phenoxy) is 1. The number of carbonyl (C=O) groups excluding carboxylic acids is 1. The average Bonchev–Trinajstić information content (AvgIpc) is 2.66. The molecule has 0 unspecified atom stereocenters. The molecule has 0 saturated carbocycles. The van der Waals surface area contributed by atoms with Crippen molar-refractivity contribution in [2.24, 2.45) is 4.99 Å². The lowest BCUT2D eigenvalue weighted by molar-refractivity contribution is -0.127. The Morgan fingerprint density at radius 3 is 2.47 bits per heavy atom. The van der Waals surface area contributed by atoms with E-state index in [1.54, 1.807) is 20.2 Å². The number of hydrogen-bond acceptors (Lipinski definition) is 3. The Bertz CT molecular complexity index is 826. The van der Waals surface area contributed by atoms with Gasteiger partial charge in [0.05, 0.1) is 6.10 Å². The number of hydrogen-bond donors (Lipinski definition) is 2. The molecule has 0 atom stereocenters. The fraction of sp³-hybridized carbons (Fsp3) is 0.364. The van der Waals surface area contributed by atoms with Gasteiger partial charge in [-0.2, -0.15) is 0 Å². The molecule has 0 radical (unpaired) electrons. The SMILES string of the molecule is CC(C)Oc1ccc(NC(=NCC(=O)N(C)C)NCCc2cccc(F)c2)cc1.I. The van der Waals surface area contributed by atoms with Crippen LogP contribution in [0.2, 0.25) is 0 Å². The zero-order valence-corrected chi connectivity index (χ0v) is 20.1. The molecule has 1 amide bonds. The van der Waals surface area contributed by atoms with Crippen LogP contribution in [0.25, 0.3) is 0 Å². The molecule has 2 N–H and O–H groups in total. The Balaban J connectivity index is 0.00000450. The van der Waals surface area contributed by atoms with Crippen molar-refractivity contribution in [1.82, 2.24) is 10.2 Å². The molecule has 2 aromatic carbocycles. The molecule has 6 nitrogen and oxygen atoms in total. The minimum absolute atomic E-state index is 0. The van der Waals surface area contributed by atoms with Crippen molar-refractivity contribution in [1.29, 1.82) is 0 Å². The normalized spacial score (nSPS) is 10.9. The number of anilines is 1. The predicted molar refractivity (Wildman–Crippen MR) is 130 cm³/mol. The van der Waals surface area contributed by atoms with E-state index in [1.807, 2.05) is 44.2 Å². The highest BCUT2D eigenvalue weighted by molar-refractivity contribution is 14.0. The van der Waals surface area contributed by atoms with Gasteiger partial charge in [0.25, 0.3) is 0 Å². The Morgan fingerprint density at radius 1 is 1.17 bits per heavy atom. The maximum atomic E-state index is 13.3. The number of nitrogens with zero attached hydrogens (tertiary/aromatic N) is 2. The summed E-state index contributed by atoms with van der Waals surface area (Å²) in [4.78, 5) is 17.7. The van der Waals surface area contributed by atoms with Crippen molar-refractivity contribution in [3.63, 3.8) is 0 Å². The fourth-order valence-electron chi connectivity index (χ4n) is 2.47. The summed E-state index contributed by atoms with van der Waals surface area (Å²) in [6.45, 7) is 4.51. The summed E-state index contributed by atoms with van der Waals surface area (Å²) in [6.07, 6.45) is 0.730. The minimum atomic E-state index is -0.255. The quantitative estimate of drug-likeness (QED) is 0.310. The van der Waals surface area contributed by atoms with Crippen molar-refractivity contribution in [3.05, 3.63) is 59.9 Å². The van der Waals surface area contributed by atoms with Gasteiger partial charge in [-0.25, -0.2) is 9.38 Å². The average molecular weight is 528 g/mol. The number of carbonyl (C=O) groups is 1. The first-order valence-corrected chi connectivity index (χ1v) is 9.60. The molecule has 0 fully saturated rings. The van der Waals surface area contributed by atoms with Crippen molar-refractivity contribution < 1.29 is 13.9 Å². The van der Waals surface area contributed by atoms with E-state index in [0.29, 0.717) is 18.9 Å². The second kappa shape index (κ2) is 13.0. The lowest BCUT2D eigenvalue weighted by Crippen LogP contribution is -2.34. The van der Waals surface area contributed by atoms with Crippen LogP contribution in [-0.2, 0) is 11.2 Å². The lowest BCUT2D eigenvalue weighted by atomic mass is 10.1. The molecular weight excluding hydrogens is 498 g/mol.